The van der Waals surface area contributed by atoms with Crippen molar-refractivity contribution in [3.05, 3.63) is 0 Å². The van der Waals surface area contributed by atoms with Gasteiger partial charge in [-0.3, -0.25) is 0 Å². The summed E-state index contributed by atoms with van der Waals surface area (Å²) in [5.74, 6) is 0. The van der Waals surface area contributed by atoms with Crippen LogP contribution in [0.4, 0.5) is 0 Å². The Bertz CT molecular complexity index is 1120. The van der Waals surface area contributed by atoms with Gasteiger partial charge < -0.3 is 85.1 Å². The molecular formula is C25H58O20Si8. The molecule has 28 heteroatoms. The summed E-state index contributed by atoms with van der Waals surface area (Å²) in [6.45, 7) is 28.1. The third-order valence-corrected chi connectivity index (χ3v) is 36.2. The van der Waals surface area contributed by atoms with Crippen LogP contribution in [0.3, 0.4) is 0 Å². The van der Waals surface area contributed by atoms with Crippen LogP contribution in [0.25, 0.3) is 0 Å². The lowest BCUT2D eigenvalue weighted by Crippen LogP contribution is -2.87. The summed E-state index contributed by atoms with van der Waals surface area (Å²) in [7, 11) is -38.9. The molecule has 53 heavy (non-hydrogen) atoms. The Labute approximate surface area is 322 Å². The summed E-state index contributed by atoms with van der Waals surface area (Å²) >= 11 is 0. The van der Waals surface area contributed by atoms with Crippen LogP contribution in [0.2, 0.25) is 0 Å². The van der Waals surface area contributed by atoms with Crippen molar-refractivity contribution < 1.29 is 85.1 Å². The predicted octanol–water partition coefficient (Wildman–Crippen LogP) is 3.18. The van der Waals surface area contributed by atoms with E-state index in [1.54, 1.807) is 111 Å². The monoisotopic (exact) mass is 902 g/mol. The van der Waals surface area contributed by atoms with Gasteiger partial charge in [0.05, 0.1) is 0 Å². The molecule has 0 aliphatic carbocycles. The van der Waals surface area contributed by atoms with E-state index >= 15 is 0 Å². The van der Waals surface area contributed by atoms with E-state index in [2.05, 4.69) is 0 Å². The molecule has 0 N–H and O–H groups in total. The first-order valence-corrected chi connectivity index (χ1v) is 31.5. The van der Waals surface area contributed by atoms with Crippen molar-refractivity contribution in [3.63, 3.8) is 0 Å². The second kappa shape index (κ2) is 16.2. The summed E-state index contributed by atoms with van der Waals surface area (Å²) in [6, 6.07) is 0. The van der Waals surface area contributed by atoms with Crippen LogP contribution >= 0.6 is 0 Å². The van der Waals surface area contributed by atoms with Crippen molar-refractivity contribution in [2.24, 2.45) is 0 Å². The molecule has 310 valence electrons. The van der Waals surface area contributed by atoms with Crippen molar-refractivity contribution >= 4 is 72.1 Å². The molecule has 6 saturated heterocycles. The molecule has 6 heterocycles. The maximum absolute atomic E-state index is 7.03. The molecule has 6 fully saturated rings. The number of fused-ring (bicyclic) bond motifs is 1. The van der Waals surface area contributed by atoms with Crippen LogP contribution in [0, 0.1) is 0 Å². The molecule has 6 aliphatic rings. The highest BCUT2D eigenvalue weighted by Crippen LogP contribution is 2.49. The van der Waals surface area contributed by atoms with Crippen LogP contribution < -0.4 is 0 Å². The molecule has 0 aromatic rings. The maximum Gasteiger partial charge on any atom is 0.668 e. The van der Waals surface area contributed by atoms with E-state index in [0.717, 1.165) is 0 Å². The van der Waals surface area contributed by atoms with Crippen molar-refractivity contribution in [1.82, 2.24) is 0 Å². The maximum atomic E-state index is 7.03. The Morgan fingerprint density at radius 3 is 0.679 bits per heavy atom. The lowest BCUT2D eigenvalue weighted by Gasteiger charge is -2.55. The van der Waals surface area contributed by atoms with E-state index in [1.807, 2.05) is 0 Å². The fourth-order valence-electron chi connectivity index (χ4n) is 5.45. The minimum atomic E-state index is -4.96. The summed E-state index contributed by atoms with van der Waals surface area (Å²) in [5.41, 5.74) is 0. The number of hydrogen-bond donors (Lipinski definition) is 0. The first kappa shape index (κ1) is 45.0. The number of rotatable bonds is 16. The van der Waals surface area contributed by atoms with Gasteiger partial charge in [0.25, 0.3) is 0 Å². The Morgan fingerprint density at radius 2 is 0.453 bits per heavy atom. The van der Waals surface area contributed by atoms with Gasteiger partial charge >= 0.3 is 72.1 Å². The minimum absolute atomic E-state index is 0.486. The lowest BCUT2D eigenvalue weighted by molar-refractivity contribution is -0.152. The van der Waals surface area contributed by atoms with Gasteiger partial charge in [0, 0.05) is 48.8 Å². The highest BCUT2D eigenvalue weighted by atomic mass is 28.6. The minimum Gasteiger partial charge on any atom is -0.370 e. The highest BCUT2D eigenvalue weighted by molar-refractivity contribution is 6.96. The highest BCUT2D eigenvalue weighted by Gasteiger charge is 2.89. The van der Waals surface area contributed by atoms with Gasteiger partial charge in [0.2, 0.25) is 0 Å². The molecule has 0 aromatic heterocycles. The van der Waals surface area contributed by atoms with E-state index in [9.17, 15) is 0 Å². The Balaban J connectivity index is 1.99. The largest absolute Gasteiger partial charge is 0.668 e. The second-order valence-corrected chi connectivity index (χ2v) is 34.7. The SMILES string of the molecule is CC(C)O[Si]12CO[Si]3(OC(C)C)O[Si]4(OC(C)C)O[Si]5(OC(C)C)O[Si](OC(C)C)(O[Si@](OC(C)C)(O1)O4)O[Si@](OC(C)C)(O2)O[Si@](OC(C)C)(O3)O5. The molecule has 0 amide bonds. The zero-order valence-electron chi connectivity index (χ0n) is 33.5. The van der Waals surface area contributed by atoms with Crippen LogP contribution in [0.5, 0.6) is 0 Å². The van der Waals surface area contributed by atoms with Crippen molar-refractivity contribution in [3.8, 4) is 0 Å². The van der Waals surface area contributed by atoms with E-state index in [-0.39, 0.29) is 0 Å². The average Bonchev–Trinajstić information content (AvgIpc) is 2.91. The first-order valence-electron chi connectivity index (χ1n) is 18.1. The van der Waals surface area contributed by atoms with E-state index in [1.165, 1.54) is 0 Å². The Morgan fingerprint density at radius 1 is 0.264 bits per heavy atom. The van der Waals surface area contributed by atoms with Crippen LogP contribution in [-0.4, -0.2) is 127 Å². The van der Waals surface area contributed by atoms with Crippen LogP contribution in [0.1, 0.15) is 111 Å². The molecule has 6 rings (SSSR count). The summed E-state index contributed by atoms with van der Waals surface area (Å²) in [5, 5.41) is 0. The van der Waals surface area contributed by atoms with E-state index < -0.39 is 127 Å². The van der Waals surface area contributed by atoms with Crippen molar-refractivity contribution in [2.75, 3.05) is 6.23 Å². The predicted molar refractivity (Wildman–Crippen MR) is 194 cm³/mol. The van der Waals surface area contributed by atoms with E-state index in [4.69, 9.17) is 85.1 Å². The van der Waals surface area contributed by atoms with Gasteiger partial charge in [-0.25, -0.2) is 0 Å². The summed E-state index contributed by atoms with van der Waals surface area (Å²) in [4.78, 5) is 0. The number of hydrogen-bond acceptors (Lipinski definition) is 20. The van der Waals surface area contributed by atoms with Gasteiger partial charge in [0.15, 0.2) is 0 Å². The normalized spacial score (nSPS) is 41.7. The van der Waals surface area contributed by atoms with Crippen molar-refractivity contribution in [2.45, 2.75) is 160 Å². The van der Waals surface area contributed by atoms with E-state index in [0.29, 0.717) is 0 Å². The molecule has 5 unspecified atom stereocenters. The van der Waals surface area contributed by atoms with Gasteiger partial charge in [-0.15, -0.1) is 0 Å². The van der Waals surface area contributed by atoms with Crippen LogP contribution in [0.15, 0.2) is 0 Å². The van der Waals surface area contributed by atoms with Gasteiger partial charge in [-0.1, -0.05) is 0 Å². The molecule has 8 atom stereocenters. The Hall–Kier alpha value is 0.935. The molecule has 0 saturated carbocycles. The van der Waals surface area contributed by atoms with Crippen LogP contribution in [-0.2, 0) is 85.1 Å². The zero-order valence-corrected chi connectivity index (χ0v) is 41.5. The van der Waals surface area contributed by atoms with Gasteiger partial charge in [-0.05, 0) is 111 Å². The summed E-state index contributed by atoms with van der Waals surface area (Å²) < 4.78 is 136. The zero-order chi connectivity index (χ0) is 39.5. The molecule has 0 aromatic carbocycles. The molecule has 0 radical (unpaired) electrons. The second-order valence-electron chi connectivity index (χ2n) is 14.9. The molecular weight excluding hydrogens is 845 g/mol. The topological polar surface area (TPSA) is 185 Å². The fourth-order valence-corrected chi connectivity index (χ4v) is 41.8. The fraction of sp³-hybridized carbons (Fsp3) is 1.00. The van der Waals surface area contributed by atoms with Gasteiger partial charge in [0.1, 0.15) is 6.23 Å². The first-order chi connectivity index (χ1) is 24.3. The van der Waals surface area contributed by atoms with Crippen molar-refractivity contribution in [1.29, 1.82) is 0 Å². The third kappa shape index (κ3) is 10.6. The summed E-state index contributed by atoms with van der Waals surface area (Å²) in [6.07, 6.45) is -5.40. The lowest BCUT2D eigenvalue weighted by atomic mass is 10.5. The third-order valence-electron chi connectivity index (χ3n) is 6.31. The molecule has 6 aliphatic heterocycles. The Kier molecular flexibility index (Phi) is 13.7. The molecule has 8 bridgehead atoms. The average molecular weight is 903 g/mol. The van der Waals surface area contributed by atoms with Gasteiger partial charge in [-0.2, -0.15) is 0 Å². The molecule has 0 spiro atoms. The quantitative estimate of drug-likeness (QED) is 0.206. The standard InChI is InChI=1S/C25H58O20Si8/c1-18(2)27-46-17-26-47(28-19(3)4)37-50(31-22(9)10)39-48(35-46,29-20(5)6)41-52(33-24(13)14)42-49(36-46,30-21(7)8)40-51(38-47,32-23(11)12)44-53(43-50,45-52)34-25(15)16/h18-25H,17H2,1-16H3/t46?,47?,48-,49-,50+,51?,52?,53?/m1/s1. The molecule has 20 nitrogen and oxygen atoms in total. The smallest absolute Gasteiger partial charge is 0.370 e.